The van der Waals surface area contributed by atoms with E-state index in [-0.39, 0.29) is 11.8 Å². The maximum Gasteiger partial charge on any atom is 0.228 e. The number of amides is 1. The number of nitrogens with one attached hydrogen (secondary N) is 1. The molecule has 1 amide bonds. The van der Waals surface area contributed by atoms with Crippen molar-refractivity contribution in [2.75, 3.05) is 5.32 Å². The number of pyridine rings is 2. The third-order valence-electron chi connectivity index (χ3n) is 6.11. The fraction of sp³-hybridized carbons (Fsp3) is 0.444. The highest BCUT2D eigenvalue weighted by Gasteiger charge is 2.29. The molecule has 0 aliphatic heterocycles. The summed E-state index contributed by atoms with van der Waals surface area (Å²) >= 11 is 0. The number of hydrogen-bond donors (Lipinski definition) is 2. The zero-order chi connectivity index (χ0) is 23.3. The van der Waals surface area contributed by atoms with Gasteiger partial charge >= 0.3 is 0 Å². The Labute approximate surface area is 191 Å². The van der Waals surface area contributed by atoms with Crippen LogP contribution in [0.4, 0.5) is 5.82 Å². The molecule has 1 atom stereocenters. The Morgan fingerprint density at radius 2 is 1.88 bits per heavy atom. The lowest BCUT2D eigenvalue weighted by Gasteiger charge is -2.17. The van der Waals surface area contributed by atoms with Crippen LogP contribution in [0, 0.1) is 5.92 Å². The van der Waals surface area contributed by atoms with Gasteiger partial charge in [0.15, 0.2) is 0 Å². The van der Waals surface area contributed by atoms with Gasteiger partial charge in [0.05, 0.1) is 11.8 Å². The molecule has 170 valence electrons. The van der Waals surface area contributed by atoms with Gasteiger partial charge in [0.2, 0.25) is 5.91 Å². The molecule has 0 bridgehead atoms. The van der Waals surface area contributed by atoms with Crippen LogP contribution in [0.15, 0.2) is 53.4 Å². The average Bonchev–Trinajstić information content (AvgIpc) is 3.63. The van der Waals surface area contributed by atoms with Crippen LogP contribution in [0.2, 0.25) is 0 Å². The number of fused-ring (bicyclic) bond motifs is 1. The van der Waals surface area contributed by atoms with Gasteiger partial charge in [0.1, 0.15) is 5.82 Å². The molecule has 2 N–H and O–H groups in total. The molecule has 32 heavy (non-hydrogen) atoms. The normalized spacial score (nSPS) is 16.7. The first kappa shape index (κ1) is 23.9. The molecule has 1 saturated carbocycles. The van der Waals surface area contributed by atoms with Crippen molar-refractivity contribution in [3.63, 3.8) is 0 Å². The molecule has 1 unspecified atom stereocenters. The number of carbonyl (C=O) groups excluding carboxylic acids is 1. The Kier molecular flexibility index (Phi) is 7.97. The number of anilines is 1. The number of carbonyl (C=O) groups is 1. The summed E-state index contributed by atoms with van der Waals surface area (Å²) < 4.78 is 0. The molecule has 1 aliphatic carbocycles. The summed E-state index contributed by atoms with van der Waals surface area (Å²) in [6.07, 6.45) is 11.9. The highest BCUT2D eigenvalue weighted by molar-refractivity contribution is 5.95. The minimum absolute atomic E-state index is 0.0508. The summed E-state index contributed by atoms with van der Waals surface area (Å²) in [5.74, 6) is 0.766. The molecule has 5 heteroatoms. The summed E-state index contributed by atoms with van der Waals surface area (Å²) in [6.45, 7) is 10.4. The molecule has 1 fully saturated rings. The van der Waals surface area contributed by atoms with E-state index in [9.17, 15) is 9.90 Å². The number of hydrogen-bond acceptors (Lipinski definition) is 4. The number of nitrogens with zero attached hydrogens (tertiary/aromatic N) is 2. The number of aliphatic hydroxyl groups excluding tert-OH is 1. The topological polar surface area (TPSA) is 75.1 Å². The van der Waals surface area contributed by atoms with Crippen LogP contribution in [-0.4, -0.2) is 27.1 Å². The number of allylic oxidation sites excluding steroid dienone is 4. The highest BCUT2D eigenvalue weighted by Crippen LogP contribution is 2.31. The van der Waals surface area contributed by atoms with Gasteiger partial charge in [-0.1, -0.05) is 38.0 Å². The first-order valence-corrected chi connectivity index (χ1v) is 11.7. The molecule has 0 radical (unpaired) electrons. The van der Waals surface area contributed by atoms with Gasteiger partial charge in [-0.25, -0.2) is 4.98 Å². The Morgan fingerprint density at radius 1 is 1.19 bits per heavy atom. The highest BCUT2D eigenvalue weighted by atomic mass is 16.3. The lowest BCUT2D eigenvalue weighted by atomic mass is 9.93. The second-order valence-electron chi connectivity index (χ2n) is 8.67. The van der Waals surface area contributed by atoms with Gasteiger partial charge in [-0.3, -0.25) is 9.78 Å². The van der Waals surface area contributed by atoms with Crippen molar-refractivity contribution in [3.8, 4) is 0 Å². The quantitative estimate of drug-likeness (QED) is 0.461. The SMILES string of the molecule is C\C=C(/C(C)=C\C(=C(/C)CC)C(O)CCC)c1cc2cnc(NC(=O)C3CC3)cc2cn1. The lowest BCUT2D eigenvalue weighted by Crippen LogP contribution is -2.14. The monoisotopic (exact) mass is 433 g/mol. The molecule has 0 aromatic carbocycles. The minimum Gasteiger partial charge on any atom is -0.388 e. The van der Waals surface area contributed by atoms with Crippen LogP contribution in [0.5, 0.6) is 0 Å². The number of aliphatic hydroxyl groups is 1. The van der Waals surface area contributed by atoms with Gasteiger partial charge in [0, 0.05) is 29.1 Å². The van der Waals surface area contributed by atoms with Crippen LogP contribution >= 0.6 is 0 Å². The van der Waals surface area contributed by atoms with Crippen molar-refractivity contribution in [2.24, 2.45) is 5.92 Å². The summed E-state index contributed by atoms with van der Waals surface area (Å²) in [5, 5.41) is 15.5. The van der Waals surface area contributed by atoms with Gasteiger partial charge < -0.3 is 10.4 Å². The average molecular weight is 434 g/mol. The van der Waals surface area contributed by atoms with Crippen molar-refractivity contribution in [1.82, 2.24) is 9.97 Å². The van der Waals surface area contributed by atoms with Crippen molar-refractivity contribution < 1.29 is 9.90 Å². The predicted octanol–water partition coefficient (Wildman–Crippen LogP) is 6.22. The van der Waals surface area contributed by atoms with E-state index in [1.807, 2.05) is 25.3 Å². The van der Waals surface area contributed by atoms with Crippen molar-refractivity contribution in [1.29, 1.82) is 0 Å². The van der Waals surface area contributed by atoms with E-state index in [0.29, 0.717) is 5.82 Å². The fourth-order valence-electron chi connectivity index (χ4n) is 3.85. The van der Waals surface area contributed by atoms with Crippen LogP contribution < -0.4 is 5.32 Å². The Balaban J connectivity index is 1.89. The van der Waals surface area contributed by atoms with Crippen molar-refractivity contribution >= 4 is 28.1 Å². The maximum atomic E-state index is 12.0. The lowest BCUT2D eigenvalue weighted by molar-refractivity contribution is -0.117. The maximum absolute atomic E-state index is 12.0. The van der Waals surface area contributed by atoms with Gasteiger partial charge in [0.25, 0.3) is 0 Å². The van der Waals surface area contributed by atoms with E-state index in [2.05, 4.69) is 50.1 Å². The molecule has 2 aromatic rings. The number of aromatic nitrogens is 2. The van der Waals surface area contributed by atoms with Gasteiger partial charge in [-0.2, -0.15) is 0 Å². The molecule has 2 aromatic heterocycles. The molecule has 0 spiro atoms. The summed E-state index contributed by atoms with van der Waals surface area (Å²) in [6, 6.07) is 3.90. The summed E-state index contributed by atoms with van der Waals surface area (Å²) in [4.78, 5) is 21.1. The zero-order valence-corrected chi connectivity index (χ0v) is 19.9. The predicted molar refractivity (Wildman–Crippen MR) is 132 cm³/mol. The van der Waals surface area contributed by atoms with Crippen molar-refractivity contribution in [3.05, 3.63) is 59.1 Å². The largest absolute Gasteiger partial charge is 0.388 e. The smallest absolute Gasteiger partial charge is 0.228 e. The first-order chi connectivity index (χ1) is 15.4. The molecule has 1 aliphatic rings. The summed E-state index contributed by atoms with van der Waals surface area (Å²) in [5.41, 5.74) is 5.17. The molecular weight excluding hydrogens is 398 g/mol. The van der Waals surface area contributed by atoms with E-state index in [4.69, 9.17) is 4.98 Å². The second kappa shape index (κ2) is 10.7. The zero-order valence-electron chi connectivity index (χ0n) is 19.9. The Bertz CT molecular complexity index is 1080. The van der Waals surface area contributed by atoms with Crippen LogP contribution in [0.25, 0.3) is 16.3 Å². The fourth-order valence-corrected chi connectivity index (χ4v) is 3.85. The van der Waals surface area contributed by atoms with E-state index in [1.54, 1.807) is 6.20 Å². The first-order valence-electron chi connectivity index (χ1n) is 11.7. The standard InChI is InChI=1S/C27H35N3O2/c1-6-9-25(31)23(17(4)7-2)12-18(5)22(8-3)24-13-20-16-29-26(14-21(20)15-28-24)30-27(32)19-10-11-19/h8,12-16,19,25,31H,6-7,9-11H2,1-5H3,(H,29,30,32)/b18-12-,22-8+,23-17-. The van der Waals surface area contributed by atoms with Gasteiger partial charge in [-0.15, -0.1) is 0 Å². The van der Waals surface area contributed by atoms with E-state index < -0.39 is 6.10 Å². The molecule has 0 saturated heterocycles. The number of rotatable bonds is 9. The Hall–Kier alpha value is -2.79. The van der Waals surface area contributed by atoms with E-state index in [0.717, 1.165) is 65.3 Å². The Morgan fingerprint density at radius 3 is 2.50 bits per heavy atom. The summed E-state index contributed by atoms with van der Waals surface area (Å²) in [7, 11) is 0. The molecule has 5 nitrogen and oxygen atoms in total. The molecule has 2 heterocycles. The van der Waals surface area contributed by atoms with Crippen molar-refractivity contribution in [2.45, 2.75) is 72.8 Å². The molecule has 3 rings (SSSR count). The third-order valence-corrected chi connectivity index (χ3v) is 6.11. The van der Waals surface area contributed by atoms with Crippen LogP contribution in [0.3, 0.4) is 0 Å². The second-order valence-corrected chi connectivity index (χ2v) is 8.67. The third kappa shape index (κ3) is 5.71. The van der Waals surface area contributed by atoms with Gasteiger partial charge in [-0.05, 0) is 75.3 Å². The minimum atomic E-state index is -0.453. The molecular formula is C27H35N3O2. The van der Waals surface area contributed by atoms with Crippen LogP contribution in [0.1, 0.15) is 72.4 Å². The van der Waals surface area contributed by atoms with Crippen LogP contribution in [-0.2, 0) is 4.79 Å². The van der Waals surface area contributed by atoms with E-state index in [1.165, 1.54) is 5.57 Å². The van der Waals surface area contributed by atoms with E-state index >= 15 is 0 Å².